The summed E-state index contributed by atoms with van der Waals surface area (Å²) in [6.45, 7) is 27.8. The van der Waals surface area contributed by atoms with Crippen LogP contribution in [0.15, 0.2) is 66.7 Å². The number of anilines is 1. The Balaban J connectivity index is 1.18. The maximum atomic E-state index is 13.7. The summed E-state index contributed by atoms with van der Waals surface area (Å²) in [4.78, 5) is 41.8. The van der Waals surface area contributed by atoms with Gasteiger partial charge in [-0.25, -0.2) is 14.8 Å². The van der Waals surface area contributed by atoms with Gasteiger partial charge in [0.25, 0.3) is 0 Å². The number of aliphatic hydroxyl groups excluding tert-OH is 2. The Bertz CT molecular complexity index is 2500. The predicted molar refractivity (Wildman–Crippen MR) is 285 cm³/mol. The number of esters is 1. The molecule has 5 aromatic rings. The summed E-state index contributed by atoms with van der Waals surface area (Å²) in [5, 5.41) is 24.7. The average Bonchev–Trinajstić information content (AvgIpc) is 4.12. The zero-order valence-electron chi connectivity index (χ0n) is 44.4. The molecule has 16 heteroatoms. The van der Waals surface area contributed by atoms with Crippen LogP contribution in [-0.2, 0) is 37.2 Å². The number of fused-ring (bicyclic) bond motifs is 2. The number of amides is 1. The fourth-order valence-corrected chi connectivity index (χ4v) is 12.1. The Hall–Kier alpha value is -4.59. The number of aromatic nitrogens is 4. The van der Waals surface area contributed by atoms with Crippen molar-refractivity contribution in [2.75, 3.05) is 24.7 Å². The first-order valence-electron chi connectivity index (χ1n) is 26.0. The molecule has 1 aliphatic carbocycles. The van der Waals surface area contributed by atoms with Gasteiger partial charge < -0.3 is 43.2 Å². The van der Waals surface area contributed by atoms with E-state index >= 15 is 0 Å². The highest BCUT2D eigenvalue weighted by Crippen LogP contribution is 2.49. The lowest BCUT2D eigenvalue weighted by Gasteiger charge is -2.33. The van der Waals surface area contributed by atoms with Gasteiger partial charge in [-0.15, -0.1) is 0 Å². The first kappa shape index (κ1) is 52.7. The minimum Gasteiger partial charge on any atom is -0.460 e. The summed E-state index contributed by atoms with van der Waals surface area (Å²) < 4.78 is 28.8. The van der Waals surface area contributed by atoms with Gasteiger partial charge in [0.1, 0.15) is 48.5 Å². The van der Waals surface area contributed by atoms with Crippen molar-refractivity contribution in [2.24, 2.45) is 5.92 Å². The highest BCUT2D eigenvalue weighted by atomic mass is 28.3. The second-order valence-electron chi connectivity index (χ2n) is 24.6. The largest absolute Gasteiger partial charge is 0.460 e. The van der Waals surface area contributed by atoms with Crippen LogP contribution in [0.3, 0.4) is 0 Å². The smallest absolute Gasteiger partial charge is 0.410 e. The molecule has 14 nitrogen and oxygen atoms in total. The zero-order chi connectivity index (χ0) is 51.2. The normalized spacial score (nSPS) is 23.4. The van der Waals surface area contributed by atoms with Gasteiger partial charge in [0.15, 0.2) is 0 Å². The second-order valence-corrected chi connectivity index (χ2v) is 35.9. The molecule has 4 heterocycles. The molecule has 0 bridgehead atoms. The van der Waals surface area contributed by atoms with Crippen molar-refractivity contribution < 1.29 is 38.7 Å². The van der Waals surface area contributed by atoms with Crippen LogP contribution in [0.25, 0.3) is 22.1 Å². The molecule has 2 unspecified atom stereocenters. The van der Waals surface area contributed by atoms with Gasteiger partial charge in [-0.05, 0) is 127 Å². The number of carbonyl (C=O) groups is 2. The fraction of sp³-hybridized carbons (Fsp3) is 0.600. The van der Waals surface area contributed by atoms with Gasteiger partial charge in [-0.3, -0.25) is 9.69 Å². The maximum Gasteiger partial charge on any atom is 0.410 e. The third kappa shape index (κ3) is 12.1. The third-order valence-corrected chi connectivity index (χ3v) is 17.5. The van der Waals surface area contributed by atoms with E-state index in [0.29, 0.717) is 32.0 Å². The number of benzene rings is 3. The van der Waals surface area contributed by atoms with Crippen molar-refractivity contribution in [2.45, 2.75) is 186 Å². The molecule has 3 aliphatic rings. The molecule has 3 fully saturated rings. The number of hydrogen-bond donors (Lipinski definition) is 2. The Morgan fingerprint density at radius 3 is 1.70 bits per heavy atom. The van der Waals surface area contributed by atoms with E-state index in [-0.39, 0.29) is 36.7 Å². The van der Waals surface area contributed by atoms with Gasteiger partial charge in [-0.2, -0.15) is 0 Å². The topological polar surface area (TPSA) is 154 Å². The molecular formula is C55H80N6O8Si2. The number of rotatable bonds is 16. The molecule has 2 saturated heterocycles. The van der Waals surface area contributed by atoms with E-state index in [9.17, 15) is 19.8 Å². The minimum absolute atomic E-state index is 0.143. The van der Waals surface area contributed by atoms with Crippen molar-refractivity contribution in [3.05, 3.63) is 89.5 Å². The van der Waals surface area contributed by atoms with E-state index in [1.54, 1.807) is 4.90 Å². The molecule has 2 aromatic heterocycles. The van der Waals surface area contributed by atoms with Crippen LogP contribution in [0.4, 0.5) is 10.5 Å². The highest BCUT2D eigenvalue weighted by Gasteiger charge is 2.50. The molecule has 7 atom stereocenters. The van der Waals surface area contributed by atoms with Gasteiger partial charge in [-0.1, -0.05) is 76.0 Å². The van der Waals surface area contributed by atoms with Crippen LogP contribution >= 0.6 is 0 Å². The van der Waals surface area contributed by atoms with E-state index in [1.807, 2.05) is 108 Å². The number of likely N-dealkylation sites (tertiary alicyclic amines) is 1. The lowest BCUT2D eigenvalue weighted by atomic mass is 9.95. The number of imidazole rings is 2. The number of carbonyl (C=O) groups excluding carboxylic acids is 2. The number of nitrogens with zero attached hydrogens (tertiary/aromatic N) is 6. The maximum absolute atomic E-state index is 13.7. The van der Waals surface area contributed by atoms with Crippen molar-refractivity contribution in [1.82, 2.24) is 24.0 Å². The number of aliphatic hydroxyl groups is 2. The minimum atomic E-state index is -1.36. The summed E-state index contributed by atoms with van der Waals surface area (Å²) in [5.41, 5.74) is 4.38. The first-order valence-corrected chi connectivity index (χ1v) is 33.4. The second kappa shape index (κ2) is 20.7. The van der Waals surface area contributed by atoms with Crippen molar-refractivity contribution in [1.29, 1.82) is 0 Å². The molecule has 3 aromatic carbocycles. The van der Waals surface area contributed by atoms with E-state index in [1.165, 1.54) is 0 Å². The Morgan fingerprint density at radius 1 is 0.662 bits per heavy atom. The van der Waals surface area contributed by atoms with Gasteiger partial charge in [0.2, 0.25) is 0 Å². The molecule has 1 saturated carbocycles. The third-order valence-electron chi connectivity index (χ3n) is 14.1. The molecule has 8 rings (SSSR count). The quantitative estimate of drug-likeness (QED) is 0.0551. The Kier molecular flexibility index (Phi) is 15.4. The average molecular weight is 1010 g/mol. The Labute approximate surface area is 423 Å². The molecule has 0 radical (unpaired) electrons. The monoisotopic (exact) mass is 1010 g/mol. The van der Waals surface area contributed by atoms with Crippen LogP contribution in [0, 0.1) is 5.92 Å². The van der Waals surface area contributed by atoms with Crippen molar-refractivity contribution in [3.63, 3.8) is 0 Å². The molecule has 2 N–H and O–H groups in total. The molecule has 0 spiro atoms. The summed E-state index contributed by atoms with van der Waals surface area (Å²) in [7, 11) is -2.71. The molecule has 71 heavy (non-hydrogen) atoms. The number of ether oxygens (including phenoxy) is 4. The van der Waals surface area contributed by atoms with Crippen molar-refractivity contribution in [3.8, 4) is 0 Å². The summed E-state index contributed by atoms with van der Waals surface area (Å²) in [6, 6.07) is 22.5. The van der Waals surface area contributed by atoms with Crippen LogP contribution in [0.2, 0.25) is 51.4 Å². The van der Waals surface area contributed by atoms with E-state index in [4.69, 9.17) is 28.9 Å². The summed E-state index contributed by atoms with van der Waals surface area (Å²) in [6.07, 6.45) is 1.27. The fourth-order valence-electron chi connectivity index (χ4n) is 10.6. The van der Waals surface area contributed by atoms with Crippen LogP contribution in [-0.4, -0.2) is 106 Å². The lowest BCUT2D eigenvalue weighted by molar-refractivity contribution is -0.160. The predicted octanol–water partition coefficient (Wildman–Crippen LogP) is 11.3. The van der Waals surface area contributed by atoms with E-state index < -0.39 is 51.6 Å². The van der Waals surface area contributed by atoms with Crippen LogP contribution in [0.5, 0.6) is 0 Å². The van der Waals surface area contributed by atoms with Crippen LogP contribution in [0.1, 0.15) is 120 Å². The van der Waals surface area contributed by atoms with Crippen LogP contribution < -0.4 is 4.90 Å². The highest BCUT2D eigenvalue weighted by molar-refractivity contribution is 6.76. The SMILES string of the molecule is CC(C)(C)OC(=O)C1CCCC1c1nc2cc([C@H]3[C@@H](O)[C@H](O)[C@H](c4ccc5c(c4)nc([C@@H]4CCCN4C(=O)OC(C)(C)C)n5COCC[Si](C)(C)C)N3c3ccccc3)ccc2n1COCC[Si](C)(C)C. The zero-order valence-corrected chi connectivity index (χ0v) is 46.4. The van der Waals surface area contributed by atoms with E-state index in [2.05, 4.69) is 53.3 Å². The molecular weight excluding hydrogens is 929 g/mol. The standard InChI is InChI=1S/C55H80N6O8Si2/c1-54(2,3)68-52(64)40-21-16-20-39(40)50-56-41-32-36(23-25-43(41)59(50)34-66-28-30-70(7,8)9)46-48(62)49(63)47(61(46)38-18-14-13-15-19-38)37-24-26-44-42(33-37)57-51(60(44)35-67-29-31-71(10,11)12)45-22-17-27-58(45)53(65)69-55(4,5)6/h13-15,18-19,23-26,32-33,39-40,45-49,62-63H,16-17,20-22,27-31,34-35H2,1-12H3/t39?,40?,45-,46-,47-,48+,49+/m0/s1. The van der Waals surface area contributed by atoms with Crippen molar-refractivity contribution >= 4 is 56.0 Å². The molecule has 1 amide bonds. The summed E-state index contributed by atoms with van der Waals surface area (Å²) >= 11 is 0. The molecule has 2 aliphatic heterocycles. The van der Waals surface area contributed by atoms with Gasteiger partial charge >= 0.3 is 12.1 Å². The Morgan fingerprint density at radius 2 is 1.18 bits per heavy atom. The van der Waals surface area contributed by atoms with E-state index in [0.717, 1.165) is 89.2 Å². The first-order chi connectivity index (χ1) is 33.4. The number of hydrogen-bond acceptors (Lipinski definition) is 11. The number of para-hydroxylation sites is 1. The molecule has 386 valence electrons. The van der Waals surface area contributed by atoms with Gasteiger partial charge in [0.05, 0.1) is 46.1 Å². The lowest BCUT2D eigenvalue weighted by Crippen LogP contribution is -2.37. The van der Waals surface area contributed by atoms with Gasteiger partial charge in [0, 0.05) is 47.5 Å². The summed E-state index contributed by atoms with van der Waals surface area (Å²) in [5.74, 6) is 0.886.